The molecule has 4 nitrogen and oxygen atoms in total. The smallest absolute Gasteiger partial charge is 0.253 e. The molecule has 0 atom stereocenters. The predicted molar refractivity (Wildman–Crippen MR) is 59.0 cm³/mol. The Labute approximate surface area is 94.3 Å². The molecule has 0 aromatic carbocycles. The fourth-order valence-corrected chi connectivity index (χ4v) is 1.84. The SMILES string of the molecule is O=C1CCCN(C(=O)c2ccncc2)CC1. The zero-order chi connectivity index (χ0) is 11.4. The number of nitrogens with zero attached hydrogens (tertiary/aromatic N) is 2. The summed E-state index contributed by atoms with van der Waals surface area (Å²) in [5, 5.41) is 0. The van der Waals surface area contributed by atoms with Crippen molar-refractivity contribution >= 4 is 11.7 Å². The number of hydrogen-bond acceptors (Lipinski definition) is 3. The number of carbonyl (C=O) groups excluding carboxylic acids is 2. The maximum atomic E-state index is 12.0. The van der Waals surface area contributed by atoms with Crippen molar-refractivity contribution in [2.45, 2.75) is 19.3 Å². The van der Waals surface area contributed by atoms with Crippen LogP contribution in [0.3, 0.4) is 0 Å². The first-order valence-electron chi connectivity index (χ1n) is 5.48. The van der Waals surface area contributed by atoms with Crippen LogP contribution in [-0.4, -0.2) is 34.7 Å². The summed E-state index contributed by atoms with van der Waals surface area (Å²) in [7, 11) is 0. The van der Waals surface area contributed by atoms with Crippen molar-refractivity contribution < 1.29 is 9.59 Å². The summed E-state index contributed by atoms with van der Waals surface area (Å²) in [4.78, 5) is 28.9. The highest BCUT2D eigenvalue weighted by atomic mass is 16.2. The van der Waals surface area contributed by atoms with E-state index >= 15 is 0 Å². The molecule has 0 saturated carbocycles. The summed E-state index contributed by atoms with van der Waals surface area (Å²) >= 11 is 0. The van der Waals surface area contributed by atoms with E-state index < -0.39 is 0 Å². The van der Waals surface area contributed by atoms with Gasteiger partial charge in [0.25, 0.3) is 5.91 Å². The first kappa shape index (κ1) is 10.8. The fraction of sp³-hybridized carbons (Fsp3) is 0.417. The van der Waals surface area contributed by atoms with Crippen LogP contribution < -0.4 is 0 Å². The highest BCUT2D eigenvalue weighted by Crippen LogP contribution is 2.10. The van der Waals surface area contributed by atoms with Crippen LogP contribution in [0.5, 0.6) is 0 Å². The summed E-state index contributed by atoms with van der Waals surface area (Å²) in [5.74, 6) is 0.252. The molecule has 1 aromatic heterocycles. The number of aromatic nitrogens is 1. The molecule has 2 heterocycles. The minimum absolute atomic E-state index is 0.00269. The Morgan fingerprint density at radius 2 is 1.94 bits per heavy atom. The molecule has 1 aliphatic heterocycles. The molecular formula is C12H14N2O2. The molecule has 16 heavy (non-hydrogen) atoms. The van der Waals surface area contributed by atoms with E-state index in [0.717, 1.165) is 6.42 Å². The number of Topliss-reactive ketones (excluding diaryl/α,β-unsaturated/α-hetero) is 1. The van der Waals surface area contributed by atoms with Gasteiger partial charge in [-0.3, -0.25) is 14.6 Å². The van der Waals surface area contributed by atoms with E-state index in [0.29, 0.717) is 31.5 Å². The zero-order valence-corrected chi connectivity index (χ0v) is 9.06. The highest BCUT2D eigenvalue weighted by Gasteiger charge is 2.19. The third kappa shape index (κ3) is 2.45. The number of hydrogen-bond donors (Lipinski definition) is 0. The van der Waals surface area contributed by atoms with Crippen LogP contribution >= 0.6 is 0 Å². The van der Waals surface area contributed by atoms with Crippen LogP contribution in [-0.2, 0) is 4.79 Å². The molecule has 0 spiro atoms. The molecule has 0 aliphatic carbocycles. The van der Waals surface area contributed by atoms with Gasteiger partial charge < -0.3 is 4.90 Å². The first-order valence-corrected chi connectivity index (χ1v) is 5.48. The first-order chi connectivity index (χ1) is 7.77. The molecule has 1 aromatic rings. The monoisotopic (exact) mass is 218 g/mol. The number of likely N-dealkylation sites (tertiary alicyclic amines) is 1. The van der Waals surface area contributed by atoms with E-state index in [1.54, 1.807) is 29.4 Å². The molecule has 0 radical (unpaired) electrons. The Morgan fingerprint density at radius 3 is 2.69 bits per heavy atom. The van der Waals surface area contributed by atoms with E-state index in [1.807, 2.05) is 0 Å². The van der Waals surface area contributed by atoms with Crippen LogP contribution in [0.15, 0.2) is 24.5 Å². The Bertz CT molecular complexity index is 389. The Balaban J connectivity index is 2.07. The van der Waals surface area contributed by atoms with Gasteiger partial charge in [0.05, 0.1) is 0 Å². The molecule has 1 aliphatic rings. The van der Waals surface area contributed by atoms with Crippen molar-refractivity contribution in [3.05, 3.63) is 30.1 Å². The lowest BCUT2D eigenvalue weighted by Crippen LogP contribution is -2.32. The molecular weight excluding hydrogens is 204 g/mol. The molecule has 4 heteroatoms. The van der Waals surface area contributed by atoms with Gasteiger partial charge in [0, 0.05) is 43.9 Å². The van der Waals surface area contributed by atoms with Crippen molar-refractivity contribution in [2.75, 3.05) is 13.1 Å². The topological polar surface area (TPSA) is 50.3 Å². The van der Waals surface area contributed by atoms with Crippen LogP contribution in [0.1, 0.15) is 29.6 Å². The molecule has 0 N–H and O–H groups in total. The highest BCUT2D eigenvalue weighted by molar-refractivity contribution is 5.94. The number of ketones is 1. The van der Waals surface area contributed by atoms with Crippen molar-refractivity contribution in [2.24, 2.45) is 0 Å². The number of amides is 1. The van der Waals surface area contributed by atoms with Crippen molar-refractivity contribution in [1.29, 1.82) is 0 Å². The average molecular weight is 218 g/mol. The average Bonchev–Trinajstić information content (AvgIpc) is 2.54. The van der Waals surface area contributed by atoms with Crippen LogP contribution in [0.4, 0.5) is 0 Å². The van der Waals surface area contributed by atoms with Crippen LogP contribution in [0, 0.1) is 0 Å². The molecule has 0 bridgehead atoms. The minimum atomic E-state index is -0.00269. The van der Waals surface area contributed by atoms with E-state index in [2.05, 4.69) is 4.98 Å². The lowest BCUT2D eigenvalue weighted by Gasteiger charge is -2.19. The minimum Gasteiger partial charge on any atom is -0.338 e. The second-order valence-electron chi connectivity index (χ2n) is 3.92. The fourth-order valence-electron chi connectivity index (χ4n) is 1.84. The van der Waals surface area contributed by atoms with E-state index in [4.69, 9.17) is 0 Å². The largest absolute Gasteiger partial charge is 0.338 e. The van der Waals surface area contributed by atoms with Gasteiger partial charge in [-0.15, -0.1) is 0 Å². The Hall–Kier alpha value is -1.71. The molecule has 1 amide bonds. The van der Waals surface area contributed by atoms with Gasteiger partial charge in [0.2, 0.25) is 0 Å². The van der Waals surface area contributed by atoms with Crippen LogP contribution in [0.25, 0.3) is 0 Å². The van der Waals surface area contributed by atoms with Crippen LogP contribution in [0.2, 0.25) is 0 Å². The van der Waals surface area contributed by atoms with E-state index in [9.17, 15) is 9.59 Å². The van der Waals surface area contributed by atoms with Gasteiger partial charge >= 0.3 is 0 Å². The molecule has 2 rings (SSSR count). The number of pyridine rings is 1. The molecule has 0 unspecified atom stereocenters. The summed E-state index contributed by atoms with van der Waals surface area (Å²) in [6, 6.07) is 3.41. The molecule has 84 valence electrons. The van der Waals surface area contributed by atoms with Gasteiger partial charge in [0.1, 0.15) is 5.78 Å². The van der Waals surface area contributed by atoms with Gasteiger partial charge in [-0.2, -0.15) is 0 Å². The second kappa shape index (κ2) is 4.88. The summed E-state index contributed by atoms with van der Waals surface area (Å²) < 4.78 is 0. The Morgan fingerprint density at radius 1 is 1.19 bits per heavy atom. The third-order valence-electron chi connectivity index (χ3n) is 2.76. The van der Waals surface area contributed by atoms with Gasteiger partial charge in [0.15, 0.2) is 0 Å². The number of rotatable bonds is 1. The van der Waals surface area contributed by atoms with Crippen molar-refractivity contribution in [1.82, 2.24) is 9.88 Å². The van der Waals surface area contributed by atoms with Crippen molar-refractivity contribution in [3.8, 4) is 0 Å². The second-order valence-corrected chi connectivity index (χ2v) is 3.92. The number of carbonyl (C=O) groups is 2. The third-order valence-corrected chi connectivity index (χ3v) is 2.76. The van der Waals surface area contributed by atoms with E-state index in [1.165, 1.54) is 0 Å². The summed E-state index contributed by atoms with van der Waals surface area (Å²) in [5.41, 5.74) is 0.643. The normalized spacial score (nSPS) is 17.0. The summed E-state index contributed by atoms with van der Waals surface area (Å²) in [6.07, 6.45) is 5.07. The lowest BCUT2D eigenvalue weighted by molar-refractivity contribution is -0.118. The molecule has 1 fully saturated rings. The summed E-state index contributed by atoms with van der Waals surface area (Å²) in [6.45, 7) is 1.22. The molecule has 1 saturated heterocycles. The van der Waals surface area contributed by atoms with E-state index in [-0.39, 0.29) is 11.7 Å². The maximum Gasteiger partial charge on any atom is 0.253 e. The van der Waals surface area contributed by atoms with Crippen molar-refractivity contribution in [3.63, 3.8) is 0 Å². The lowest BCUT2D eigenvalue weighted by atomic mass is 10.2. The van der Waals surface area contributed by atoms with Gasteiger partial charge in [-0.05, 0) is 18.6 Å². The van der Waals surface area contributed by atoms with Gasteiger partial charge in [-0.25, -0.2) is 0 Å². The maximum absolute atomic E-state index is 12.0. The standard InChI is InChI=1S/C12H14N2O2/c15-11-2-1-8-14(9-5-11)12(16)10-3-6-13-7-4-10/h3-4,6-7H,1-2,5,8-9H2. The zero-order valence-electron chi connectivity index (χ0n) is 9.06. The quantitative estimate of drug-likeness (QED) is 0.713. The Kier molecular flexibility index (Phi) is 3.29. The van der Waals surface area contributed by atoms with Gasteiger partial charge in [-0.1, -0.05) is 0 Å². The predicted octanol–water partition coefficient (Wildman–Crippen LogP) is 1.28.